The Kier molecular flexibility index (Phi) is 5.66. The number of carbonyl (C=O) groups excluding carboxylic acids is 1. The van der Waals surface area contributed by atoms with Gasteiger partial charge >= 0.3 is 0 Å². The molecule has 112 valence electrons. The molecule has 2 N–H and O–H groups in total. The standard InChI is InChI=1S/C16H20N2O2S/c1-11(9-10-17)21-15-8-3-2-6-13(15)18-16(20)12-5-4-7-14(12)19/h2-3,6,8,11-12,14,19H,4-5,7,9H2,1H3,(H,18,20). The number of nitrogens with zero attached hydrogens (tertiary/aromatic N) is 1. The van der Waals surface area contributed by atoms with E-state index in [1.54, 1.807) is 11.8 Å². The third kappa shape index (κ3) is 4.23. The Labute approximate surface area is 129 Å². The lowest BCUT2D eigenvalue weighted by atomic mass is 10.1. The number of hydrogen-bond donors (Lipinski definition) is 2. The third-order valence-corrected chi connectivity index (χ3v) is 4.85. The SMILES string of the molecule is CC(CC#N)Sc1ccccc1NC(=O)C1CCCC1O. The van der Waals surface area contributed by atoms with Crippen LogP contribution in [0.25, 0.3) is 0 Å². The van der Waals surface area contributed by atoms with Gasteiger partial charge in [-0.3, -0.25) is 4.79 Å². The number of nitrogens with one attached hydrogen (secondary N) is 1. The van der Waals surface area contributed by atoms with Gasteiger partial charge in [0.15, 0.2) is 0 Å². The fraction of sp³-hybridized carbons (Fsp3) is 0.500. The summed E-state index contributed by atoms with van der Waals surface area (Å²) in [5.74, 6) is -0.416. The first-order valence-corrected chi connectivity index (χ1v) is 8.11. The van der Waals surface area contributed by atoms with Gasteiger partial charge in [-0.1, -0.05) is 19.1 Å². The number of amides is 1. The second kappa shape index (κ2) is 7.48. The van der Waals surface area contributed by atoms with E-state index in [0.29, 0.717) is 12.8 Å². The highest BCUT2D eigenvalue weighted by Crippen LogP contribution is 2.33. The molecule has 21 heavy (non-hydrogen) atoms. The van der Waals surface area contributed by atoms with Crippen molar-refractivity contribution in [2.45, 2.75) is 48.9 Å². The van der Waals surface area contributed by atoms with Gasteiger partial charge in [0.1, 0.15) is 0 Å². The summed E-state index contributed by atoms with van der Waals surface area (Å²) < 4.78 is 0. The predicted molar refractivity (Wildman–Crippen MR) is 84.0 cm³/mol. The minimum absolute atomic E-state index is 0.110. The van der Waals surface area contributed by atoms with E-state index in [2.05, 4.69) is 11.4 Å². The highest BCUT2D eigenvalue weighted by molar-refractivity contribution is 8.00. The molecule has 1 aliphatic rings. The molecular formula is C16H20N2O2S. The van der Waals surface area contributed by atoms with Gasteiger partial charge in [0.2, 0.25) is 5.91 Å². The van der Waals surface area contributed by atoms with Gasteiger partial charge in [0, 0.05) is 16.6 Å². The Bertz CT molecular complexity index is 541. The third-order valence-electron chi connectivity index (χ3n) is 3.67. The van der Waals surface area contributed by atoms with Crippen molar-refractivity contribution in [3.8, 4) is 6.07 Å². The molecule has 1 aromatic carbocycles. The second-order valence-electron chi connectivity index (χ2n) is 5.38. The van der Waals surface area contributed by atoms with Gasteiger partial charge in [0.05, 0.1) is 23.8 Å². The maximum atomic E-state index is 12.3. The Hall–Kier alpha value is -1.51. The van der Waals surface area contributed by atoms with E-state index in [4.69, 9.17) is 5.26 Å². The summed E-state index contributed by atoms with van der Waals surface area (Å²) in [5.41, 5.74) is 0.761. The molecule has 0 aliphatic heterocycles. The molecule has 0 radical (unpaired) electrons. The van der Waals surface area contributed by atoms with Gasteiger partial charge in [-0.25, -0.2) is 0 Å². The van der Waals surface area contributed by atoms with Gasteiger partial charge < -0.3 is 10.4 Å². The molecule has 3 atom stereocenters. The molecular weight excluding hydrogens is 284 g/mol. The molecule has 0 saturated heterocycles. The summed E-state index contributed by atoms with van der Waals surface area (Å²) in [6.07, 6.45) is 2.28. The number of benzene rings is 1. The molecule has 1 amide bonds. The number of carbonyl (C=O) groups is 1. The molecule has 5 heteroatoms. The molecule has 0 aromatic heterocycles. The Morgan fingerprint density at radius 2 is 2.29 bits per heavy atom. The molecule has 2 rings (SSSR count). The van der Waals surface area contributed by atoms with E-state index in [9.17, 15) is 9.90 Å². The lowest BCUT2D eigenvalue weighted by Gasteiger charge is -2.17. The van der Waals surface area contributed by atoms with E-state index < -0.39 is 6.10 Å². The van der Waals surface area contributed by atoms with Crippen molar-refractivity contribution < 1.29 is 9.90 Å². The monoisotopic (exact) mass is 304 g/mol. The molecule has 1 aromatic rings. The van der Waals surface area contributed by atoms with Crippen LogP contribution in [0.4, 0.5) is 5.69 Å². The predicted octanol–water partition coefficient (Wildman–Crippen LogP) is 3.18. The molecule has 1 saturated carbocycles. The van der Waals surface area contributed by atoms with E-state index in [1.807, 2.05) is 31.2 Å². The molecule has 1 aliphatic carbocycles. The van der Waals surface area contributed by atoms with Crippen LogP contribution in [-0.2, 0) is 4.79 Å². The largest absolute Gasteiger partial charge is 0.392 e. The summed E-state index contributed by atoms with van der Waals surface area (Å²) >= 11 is 1.58. The topological polar surface area (TPSA) is 73.1 Å². The molecule has 0 bridgehead atoms. The van der Waals surface area contributed by atoms with Crippen molar-refractivity contribution in [2.24, 2.45) is 5.92 Å². The number of aliphatic hydroxyl groups excluding tert-OH is 1. The van der Waals surface area contributed by atoms with Crippen molar-refractivity contribution >= 4 is 23.4 Å². The summed E-state index contributed by atoms with van der Waals surface area (Å²) in [4.78, 5) is 13.2. The summed E-state index contributed by atoms with van der Waals surface area (Å²) in [6.45, 7) is 1.99. The smallest absolute Gasteiger partial charge is 0.230 e. The van der Waals surface area contributed by atoms with E-state index in [-0.39, 0.29) is 17.1 Å². The summed E-state index contributed by atoms with van der Waals surface area (Å²) in [7, 11) is 0. The second-order valence-corrected chi connectivity index (χ2v) is 6.86. The van der Waals surface area contributed by atoms with Crippen molar-refractivity contribution in [2.75, 3.05) is 5.32 Å². The van der Waals surface area contributed by atoms with Gasteiger partial charge in [0.25, 0.3) is 0 Å². The lowest BCUT2D eigenvalue weighted by molar-refractivity contribution is -0.122. The average Bonchev–Trinajstić information content (AvgIpc) is 2.87. The number of aliphatic hydroxyl groups is 1. The highest BCUT2D eigenvalue weighted by atomic mass is 32.2. The average molecular weight is 304 g/mol. The van der Waals surface area contributed by atoms with Crippen LogP contribution >= 0.6 is 11.8 Å². The van der Waals surface area contributed by atoms with Gasteiger partial charge in [-0.05, 0) is 31.4 Å². The van der Waals surface area contributed by atoms with Crippen LogP contribution < -0.4 is 5.32 Å². The first-order valence-electron chi connectivity index (χ1n) is 7.23. The molecule has 3 unspecified atom stereocenters. The summed E-state index contributed by atoms with van der Waals surface area (Å²) in [6, 6.07) is 9.76. The van der Waals surface area contributed by atoms with Crippen molar-refractivity contribution in [3.05, 3.63) is 24.3 Å². The molecule has 0 heterocycles. The van der Waals surface area contributed by atoms with Crippen LogP contribution in [0.5, 0.6) is 0 Å². The van der Waals surface area contributed by atoms with Crippen LogP contribution in [0.2, 0.25) is 0 Å². The number of nitriles is 1. The quantitative estimate of drug-likeness (QED) is 0.819. The number of anilines is 1. The molecule has 0 spiro atoms. The van der Waals surface area contributed by atoms with E-state index >= 15 is 0 Å². The first kappa shape index (κ1) is 15.9. The van der Waals surface area contributed by atoms with Crippen molar-refractivity contribution in [1.29, 1.82) is 5.26 Å². The van der Waals surface area contributed by atoms with Crippen molar-refractivity contribution in [3.63, 3.8) is 0 Å². The number of thioether (sulfide) groups is 1. The van der Waals surface area contributed by atoms with Crippen LogP contribution in [-0.4, -0.2) is 22.4 Å². The number of rotatable bonds is 5. The lowest BCUT2D eigenvalue weighted by Crippen LogP contribution is -2.28. The number of para-hydroxylation sites is 1. The summed E-state index contributed by atoms with van der Waals surface area (Å²) in [5, 5.41) is 21.7. The fourth-order valence-electron chi connectivity index (χ4n) is 2.53. The highest BCUT2D eigenvalue weighted by Gasteiger charge is 2.31. The number of hydrogen-bond acceptors (Lipinski definition) is 4. The fourth-order valence-corrected chi connectivity index (χ4v) is 3.53. The zero-order chi connectivity index (χ0) is 15.2. The molecule has 1 fully saturated rings. The Balaban J connectivity index is 2.06. The first-order chi connectivity index (χ1) is 10.1. The van der Waals surface area contributed by atoms with E-state index in [1.165, 1.54) is 0 Å². The maximum Gasteiger partial charge on any atom is 0.230 e. The molecule has 4 nitrogen and oxygen atoms in total. The minimum atomic E-state index is -0.526. The zero-order valence-electron chi connectivity index (χ0n) is 12.1. The maximum absolute atomic E-state index is 12.3. The van der Waals surface area contributed by atoms with Crippen LogP contribution in [0.3, 0.4) is 0 Å². The van der Waals surface area contributed by atoms with Gasteiger partial charge in [-0.15, -0.1) is 11.8 Å². The Morgan fingerprint density at radius 1 is 1.52 bits per heavy atom. The zero-order valence-corrected chi connectivity index (χ0v) is 12.9. The Morgan fingerprint density at radius 3 is 2.95 bits per heavy atom. The van der Waals surface area contributed by atoms with E-state index in [0.717, 1.165) is 23.4 Å². The van der Waals surface area contributed by atoms with Crippen LogP contribution in [0.1, 0.15) is 32.6 Å². The van der Waals surface area contributed by atoms with Crippen molar-refractivity contribution in [1.82, 2.24) is 0 Å². The van der Waals surface area contributed by atoms with Crippen LogP contribution in [0, 0.1) is 17.2 Å². The normalized spacial score (nSPS) is 22.5. The van der Waals surface area contributed by atoms with Crippen LogP contribution in [0.15, 0.2) is 29.2 Å². The minimum Gasteiger partial charge on any atom is -0.392 e. The van der Waals surface area contributed by atoms with Gasteiger partial charge in [-0.2, -0.15) is 5.26 Å².